The Morgan fingerprint density at radius 1 is 0.938 bits per heavy atom. The van der Waals surface area contributed by atoms with Crippen LogP contribution in [0.1, 0.15) is 51.1 Å². The molecule has 1 aliphatic heterocycles. The van der Waals surface area contributed by atoms with E-state index in [9.17, 15) is 19.2 Å². The fourth-order valence-corrected chi connectivity index (χ4v) is 5.81. The number of para-hydroxylation sites is 1. The van der Waals surface area contributed by atoms with Gasteiger partial charge in [0.2, 0.25) is 17.6 Å². The molecule has 1 saturated heterocycles. The van der Waals surface area contributed by atoms with Gasteiger partial charge >= 0.3 is 5.97 Å². The van der Waals surface area contributed by atoms with Gasteiger partial charge in [0.1, 0.15) is 0 Å². The van der Waals surface area contributed by atoms with E-state index in [4.69, 9.17) is 4.74 Å². The van der Waals surface area contributed by atoms with Crippen LogP contribution in [-0.2, 0) is 14.3 Å². The molecule has 6 nitrogen and oxygen atoms in total. The first kappa shape index (κ1) is 20.6. The molecule has 6 heteroatoms. The molecular weight excluding hydrogens is 406 g/mol. The van der Waals surface area contributed by atoms with Crippen LogP contribution in [0.3, 0.4) is 0 Å². The van der Waals surface area contributed by atoms with Crippen LogP contribution in [0.5, 0.6) is 0 Å². The summed E-state index contributed by atoms with van der Waals surface area (Å²) in [6.45, 7) is 3.32. The van der Waals surface area contributed by atoms with Gasteiger partial charge in [0.15, 0.2) is 6.61 Å². The predicted molar refractivity (Wildman–Crippen MR) is 117 cm³/mol. The second-order valence-electron chi connectivity index (χ2n) is 9.23. The Balaban J connectivity index is 1.36. The average molecular weight is 431 g/mol. The number of hydrogen-bond donors (Lipinski definition) is 0. The fraction of sp³-hybridized carbons (Fsp3) is 0.385. The van der Waals surface area contributed by atoms with E-state index in [1.54, 1.807) is 24.3 Å². The number of Topliss-reactive ketones (excluding diaryl/α,β-unsaturated/α-hetero) is 1. The Labute approximate surface area is 186 Å². The number of carbonyl (C=O) groups excluding carboxylic acids is 4. The predicted octanol–water partition coefficient (Wildman–Crippen LogP) is 3.88. The van der Waals surface area contributed by atoms with Crippen LogP contribution in [0.25, 0.3) is 0 Å². The lowest BCUT2D eigenvalue weighted by atomic mass is 9.81. The summed E-state index contributed by atoms with van der Waals surface area (Å²) >= 11 is 0. The van der Waals surface area contributed by atoms with Gasteiger partial charge < -0.3 is 4.74 Å². The van der Waals surface area contributed by atoms with Gasteiger partial charge in [-0.2, -0.15) is 0 Å². The summed E-state index contributed by atoms with van der Waals surface area (Å²) in [5.74, 6) is -1.44. The van der Waals surface area contributed by atoms with Gasteiger partial charge in [-0.05, 0) is 68.7 Å². The Morgan fingerprint density at radius 2 is 1.59 bits per heavy atom. The number of esters is 1. The van der Waals surface area contributed by atoms with E-state index in [1.807, 2.05) is 26.0 Å². The van der Waals surface area contributed by atoms with Crippen LogP contribution in [-0.4, -0.2) is 30.2 Å². The largest absolute Gasteiger partial charge is 0.454 e. The third-order valence-corrected chi connectivity index (χ3v) is 7.32. The van der Waals surface area contributed by atoms with E-state index in [0.29, 0.717) is 5.56 Å². The number of ketones is 1. The maximum absolute atomic E-state index is 13.2. The van der Waals surface area contributed by atoms with E-state index in [-0.39, 0.29) is 52.5 Å². The maximum atomic E-state index is 13.2. The molecule has 3 aliphatic rings. The second-order valence-corrected chi connectivity index (χ2v) is 9.23. The van der Waals surface area contributed by atoms with Gasteiger partial charge in [0.05, 0.1) is 23.1 Å². The van der Waals surface area contributed by atoms with E-state index >= 15 is 0 Å². The molecule has 2 amide bonds. The minimum Gasteiger partial charge on any atom is -0.454 e. The summed E-state index contributed by atoms with van der Waals surface area (Å²) in [6.07, 6.45) is 2.93. The van der Waals surface area contributed by atoms with Crippen LogP contribution in [0, 0.1) is 37.5 Å². The summed E-state index contributed by atoms with van der Waals surface area (Å²) in [7, 11) is 0. The van der Waals surface area contributed by atoms with Crippen molar-refractivity contribution in [2.24, 2.45) is 23.7 Å². The summed E-state index contributed by atoms with van der Waals surface area (Å²) in [5.41, 5.74) is 2.64. The number of carbonyl (C=O) groups is 4. The zero-order valence-electron chi connectivity index (χ0n) is 18.2. The molecule has 0 N–H and O–H groups in total. The number of ether oxygens (including phenoxy) is 1. The highest BCUT2D eigenvalue weighted by molar-refractivity contribution is 6.24. The third-order valence-electron chi connectivity index (χ3n) is 7.32. The molecule has 2 bridgehead atoms. The van der Waals surface area contributed by atoms with E-state index < -0.39 is 12.6 Å². The molecule has 164 valence electrons. The summed E-state index contributed by atoms with van der Waals surface area (Å²) < 4.78 is 5.32. The topological polar surface area (TPSA) is 80.8 Å². The van der Waals surface area contributed by atoms with Crippen LogP contribution in [0.4, 0.5) is 5.69 Å². The molecule has 0 unspecified atom stereocenters. The number of imide groups is 1. The van der Waals surface area contributed by atoms with Crippen LogP contribution in [0.15, 0.2) is 42.5 Å². The van der Waals surface area contributed by atoms with Crippen LogP contribution < -0.4 is 4.90 Å². The lowest BCUT2D eigenvalue weighted by Crippen LogP contribution is -2.34. The molecule has 3 fully saturated rings. The zero-order chi connectivity index (χ0) is 22.6. The highest BCUT2D eigenvalue weighted by Crippen LogP contribution is 2.56. The molecule has 4 atom stereocenters. The first-order valence-corrected chi connectivity index (χ1v) is 11.1. The van der Waals surface area contributed by atoms with Gasteiger partial charge in [0, 0.05) is 5.56 Å². The lowest BCUT2D eigenvalue weighted by Gasteiger charge is -2.20. The molecule has 5 rings (SSSR count). The van der Waals surface area contributed by atoms with Crippen LogP contribution >= 0.6 is 0 Å². The lowest BCUT2D eigenvalue weighted by molar-refractivity contribution is -0.123. The van der Waals surface area contributed by atoms with Crippen molar-refractivity contribution in [3.05, 3.63) is 64.7 Å². The number of fused-ring (bicyclic) bond motifs is 5. The number of benzene rings is 2. The molecule has 2 aliphatic carbocycles. The Hall–Kier alpha value is -3.28. The smallest absolute Gasteiger partial charge is 0.340 e. The van der Waals surface area contributed by atoms with Crippen molar-refractivity contribution in [1.29, 1.82) is 0 Å². The third kappa shape index (κ3) is 3.17. The molecular formula is C26H25NO5. The number of aryl methyl sites for hydroxylation is 2. The highest BCUT2D eigenvalue weighted by atomic mass is 16.5. The van der Waals surface area contributed by atoms with Crippen molar-refractivity contribution in [2.45, 2.75) is 33.1 Å². The van der Waals surface area contributed by atoms with E-state index in [1.165, 1.54) is 11.0 Å². The van der Waals surface area contributed by atoms with Gasteiger partial charge in [0.25, 0.3) is 0 Å². The molecule has 2 saturated carbocycles. The van der Waals surface area contributed by atoms with Gasteiger partial charge in [-0.25, -0.2) is 9.69 Å². The maximum Gasteiger partial charge on any atom is 0.340 e. The molecule has 0 spiro atoms. The zero-order valence-corrected chi connectivity index (χ0v) is 18.2. The van der Waals surface area contributed by atoms with Crippen molar-refractivity contribution in [1.82, 2.24) is 0 Å². The van der Waals surface area contributed by atoms with Crippen molar-refractivity contribution in [3.8, 4) is 0 Å². The standard InChI is InChI=1S/C26H25NO5/c1-14-7-8-15(2)19(11-14)21(28)13-32-26(31)18-5-3-4-6-20(18)27-24(29)22-16-9-10-17(12-16)23(22)25(27)30/h3-8,11,16-17,22-23H,9-10,12-13H2,1-2H3/t16-,17+,22-,23-/m0/s1. The number of anilines is 1. The summed E-state index contributed by atoms with van der Waals surface area (Å²) in [5, 5.41) is 0. The minimum absolute atomic E-state index is 0.121. The van der Waals surface area contributed by atoms with Gasteiger partial charge in [-0.3, -0.25) is 14.4 Å². The molecule has 0 radical (unpaired) electrons. The monoisotopic (exact) mass is 431 g/mol. The minimum atomic E-state index is -0.722. The highest BCUT2D eigenvalue weighted by Gasteiger charge is 2.61. The number of rotatable bonds is 5. The Bertz CT molecular complexity index is 1120. The van der Waals surface area contributed by atoms with Gasteiger partial charge in [-0.15, -0.1) is 0 Å². The quantitative estimate of drug-likeness (QED) is 0.408. The van der Waals surface area contributed by atoms with E-state index in [2.05, 4.69) is 0 Å². The first-order valence-electron chi connectivity index (χ1n) is 11.1. The van der Waals surface area contributed by atoms with Crippen molar-refractivity contribution in [2.75, 3.05) is 11.5 Å². The SMILES string of the molecule is Cc1ccc(C)c(C(=O)COC(=O)c2ccccc2N2C(=O)[C@H]3[C@@H]4CC[C@@H](C4)[C@@H]3C2=O)c1. The molecule has 2 aromatic rings. The van der Waals surface area contributed by atoms with E-state index in [0.717, 1.165) is 30.4 Å². The second kappa shape index (κ2) is 7.69. The molecule has 0 aromatic heterocycles. The number of amides is 2. The van der Waals surface area contributed by atoms with Crippen molar-refractivity contribution < 1.29 is 23.9 Å². The Kier molecular flexibility index (Phi) is 4.96. The molecule has 32 heavy (non-hydrogen) atoms. The molecule has 1 heterocycles. The average Bonchev–Trinajstić information content (AvgIpc) is 3.47. The number of nitrogens with zero attached hydrogens (tertiary/aromatic N) is 1. The molecule has 2 aromatic carbocycles. The van der Waals surface area contributed by atoms with Gasteiger partial charge in [-0.1, -0.05) is 29.8 Å². The Morgan fingerprint density at radius 3 is 2.28 bits per heavy atom. The normalized spacial score (nSPS) is 25.9. The van der Waals surface area contributed by atoms with Crippen LogP contribution in [0.2, 0.25) is 0 Å². The first-order chi connectivity index (χ1) is 15.4. The summed E-state index contributed by atoms with van der Waals surface area (Å²) in [6, 6.07) is 12.0. The summed E-state index contributed by atoms with van der Waals surface area (Å²) in [4.78, 5) is 53.0. The number of hydrogen-bond acceptors (Lipinski definition) is 5. The van der Waals surface area contributed by atoms with Crippen molar-refractivity contribution in [3.63, 3.8) is 0 Å². The fourth-order valence-electron chi connectivity index (χ4n) is 5.81. The van der Waals surface area contributed by atoms with Crippen molar-refractivity contribution >= 4 is 29.3 Å².